The van der Waals surface area contributed by atoms with E-state index in [0.29, 0.717) is 0 Å². The maximum Gasteiger partial charge on any atom is 0.270 e. The van der Waals surface area contributed by atoms with E-state index in [1.165, 1.54) is 30.3 Å². The van der Waals surface area contributed by atoms with Crippen LogP contribution in [0.2, 0.25) is 0 Å². The van der Waals surface area contributed by atoms with E-state index >= 15 is 0 Å². The Morgan fingerprint density at radius 3 is 2.28 bits per heavy atom. The number of aryl methyl sites for hydroxylation is 1. The number of nitrogens with one attached hydrogen (secondary N) is 1. The van der Waals surface area contributed by atoms with Crippen LogP contribution in [0.1, 0.15) is 21.5 Å². The highest BCUT2D eigenvalue weighted by Crippen LogP contribution is 2.28. The monoisotopic (exact) mass is 414 g/mol. The van der Waals surface area contributed by atoms with Gasteiger partial charge in [-0.3, -0.25) is 19.6 Å². The van der Waals surface area contributed by atoms with Gasteiger partial charge in [0, 0.05) is 12.1 Å². The number of nitrogens with zero attached hydrogens (tertiary/aromatic N) is 1. The van der Waals surface area contributed by atoms with Crippen molar-refractivity contribution in [2.45, 2.75) is 11.8 Å². The average Bonchev–Trinajstić information content (AvgIpc) is 2.68. The van der Waals surface area contributed by atoms with Crippen LogP contribution in [0.4, 0.5) is 15.8 Å². The van der Waals surface area contributed by atoms with Crippen LogP contribution in [0.25, 0.3) is 0 Å². The minimum atomic E-state index is -4.08. The van der Waals surface area contributed by atoms with Crippen molar-refractivity contribution in [1.29, 1.82) is 0 Å². The van der Waals surface area contributed by atoms with Crippen LogP contribution in [0.15, 0.2) is 71.6 Å². The molecule has 3 rings (SSSR count). The lowest BCUT2D eigenvalue weighted by molar-refractivity contribution is -0.384. The van der Waals surface area contributed by atoms with Gasteiger partial charge in [0.1, 0.15) is 5.82 Å². The predicted molar refractivity (Wildman–Crippen MR) is 105 cm³/mol. The quantitative estimate of drug-likeness (QED) is 0.372. The fourth-order valence-electron chi connectivity index (χ4n) is 2.63. The van der Waals surface area contributed by atoms with E-state index in [4.69, 9.17) is 0 Å². The number of carbonyl (C=O) groups excluding carboxylic acids is 1. The Morgan fingerprint density at radius 1 is 1.00 bits per heavy atom. The summed E-state index contributed by atoms with van der Waals surface area (Å²) >= 11 is 0. The molecule has 3 aromatic rings. The second-order valence-corrected chi connectivity index (χ2v) is 7.90. The summed E-state index contributed by atoms with van der Waals surface area (Å²) in [6.45, 7) is 1.80. The molecule has 0 spiro atoms. The molecule has 0 aromatic heterocycles. The molecule has 0 bridgehead atoms. The molecule has 0 aliphatic carbocycles. The third-order valence-electron chi connectivity index (χ3n) is 4.15. The Hall–Kier alpha value is -3.59. The summed E-state index contributed by atoms with van der Waals surface area (Å²) in [6.07, 6.45) is 0. The average molecular weight is 414 g/mol. The number of rotatable bonds is 6. The van der Waals surface area contributed by atoms with Gasteiger partial charge in [-0.2, -0.15) is 0 Å². The summed E-state index contributed by atoms with van der Waals surface area (Å²) in [5, 5.41) is 11.1. The molecule has 0 saturated carbocycles. The van der Waals surface area contributed by atoms with Gasteiger partial charge in [-0.1, -0.05) is 29.8 Å². The molecule has 0 saturated heterocycles. The fraction of sp³-hybridized carbons (Fsp3) is 0.0500. The van der Waals surface area contributed by atoms with Gasteiger partial charge in [0.15, 0.2) is 5.78 Å². The molecule has 1 N–H and O–H groups in total. The molecular weight excluding hydrogens is 399 g/mol. The van der Waals surface area contributed by atoms with Gasteiger partial charge >= 0.3 is 0 Å². The van der Waals surface area contributed by atoms with Crippen LogP contribution in [-0.4, -0.2) is 19.1 Å². The van der Waals surface area contributed by atoms with Gasteiger partial charge in [-0.15, -0.1) is 0 Å². The van der Waals surface area contributed by atoms with Crippen molar-refractivity contribution in [3.8, 4) is 0 Å². The van der Waals surface area contributed by atoms with E-state index < -0.39 is 32.2 Å². The van der Waals surface area contributed by atoms with E-state index in [0.717, 1.165) is 29.8 Å². The SMILES string of the molecule is Cc1ccc(S(=O)(=O)Nc2ccc([N+](=O)[O-])cc2C(=O)c2ccccc2F)cc1. The molecule has 0 atom stereocenters. The van der Waals surface area contributed by atoms with Crippen LogP contribution < -0.4 is 4.72 Å². The maximum atomic E-state index is 14.1. The molecule has 7 nitrogen and oxygen atoms in total. The first-order valence-electron chi connectivity index (χ1n) is 8.36. The second kappa shape index (κ2) is 7.80. The largest absolute Gasteiger partial charge is 0.288 e. The molecule has 0 aliphatic heterocycles. The van der Waals surface area contributed by atoms with Crippen molar-refractivity contribution < 1.29 is 22.5 Å². The second-order valence-electron chi connectivity index (χ2n) is 6.21. The molecule has 9 heteroatoms. The van der Waals surface area contributed by atoms with Crippen LogP contribution in [0, 0.1) is 22.9 Å². The molecule has 148 valence electrons. The summed E-state index contributed by atoms with van der Waals surface area (Å²) in [5.74, 6) is -1.70. The van der Waals surface area contributed by atoms with Gasteiger partial charge in [0.05, 0.1) is 26.6 Å². The van der Waals surface area contributed by atoms with Crippen LogP contribution >= 0.6 is 0 Å². The van der Waals surface area contributed by atoms with Crippen molar-refractivity contribution in [3.05, 3.63) is 99.4 Å². The molecule has 3 aromatic carbocycles. The van der Waals surface area contributed by atoms with E-state index in [1.54, 1.807) is 19.1 Å². The van der Waals surface area contributed by atoms with Crippen molar-refractivity contribution in [3.63, 3.8) is 0 Å². The molecule has 0 heterocycles. The highest BCUT2D eigenvalue weighted by Gasteiger charge is 2.23. The van der Waals surface area contributed by atoms with E-state index in [2.05, 4.69) is 4.72 Å². The first kappa shape index (κ1) is 20.2. The fourth-order valence-corrected chi connectivity index (χ4v) is 3.71. The van der Waals surface area contributed by atoms with Crippen molar-refractivity contribution >= 4 is 27.2 Å². The summed E-state index contributed by atoms with van der Waals surface area (Å²) in [4.78, 5) is 23.2. The maximum absolute atomic E-state index is 14.1. The molecular formula is C20H15FN2O5S. The number of ketones is 1. The Labute approximate surface area is 166 Å². The number of anilines is 1. The summed E-state index contributed by atoms with van der Waals surface area (Å²) in [6, 6.07) is 14.2. The van der Waals surface area contributed by atoms with E-state index in [9.17, 15) is 27.7 Å². The van der Waals surface area contributed by atoms with Crippen LogP contribution in [-0.2, 0) is 10.0 Å². The Kier molecular flexibility index (Phi) is 5.42. The number of hydrogen-bond acceptors (Lipinski definition) is 5. The van der Waals surface area contributed by atoms with Crippen molar-refractivity contribution in [2.75, 3.05) is 4.72 Å². The Bertz CT molecular complexity index is 1210. The van der Waals surface area contributed by atoms with Gasteiger partial charge in [0.2, 0.25) is 0 Å². The number of hydrogen-bond donors (Lipinski definition) is 1. The normalized spacial score (nSPS) is 11.1. The third-order valence-corrected chi connectivity index (χ3v) is 5.53. The topological polar surface area (TPSA) is 106 Å². The summed E-state index contributed by atoms with van der Waals surface area (Å²) in [7, 11) is -4.08. The smallest absolute Gasteiger partial charge is 0.270 e. The standard InChI is InChI=1S/C20H15FN2O5S/c1-13-6-9-15(10-7-13)29(27,28)22-19-11-8-14(23(25)26)12-17(19)20(24)16-4-2-3-5-18(16)21/h2-12,22H,1H3. The van der Waals surface area contributed by atoms with Crippen molar-refractivity contribution in [1.82, 2.24) is 0 Å². The number of carbonyl (C=O) groups is 1. The molecule has 0 radical (unpaired) electrons. The van der Waals surface area contributed by atoms with Gasteiger partial charge in [-0.05, 0) is 37.3 Å². The van der Waals surface area contributed by atoms with Gasteiger partial charge in [0.25, 0.3) is 15.7 Å². The molecule has 0 amide bonds. The number of non-ortho nitro benzene ring substituents is 1. The Balaban J connectivity index is 2.09. The van der Waals surface area contributed by atoms with Crippen LogP contribution in [0.5, 0.6) is 0 Å². The van der Waals surface area contributed by atoms with E-state index in [1.807, 2.05) is 0 Å². The zero-order chi connectivity index (χ0) is 21.2. The minimum absolute atomic E-state index is 0.0502. The summed E-state index contributed by atoms with van der Waals surface area (Å²) < 4.78 is 41.7. The number of nitro groups is 1. The molecule has 29 heavy (non-hydrogen) atoms. The highest BCUT2D eigenvalue weighted by molar-refractivity contribution is 7.92. The lowest BCUT2D eigenvalue weighted by atomic mass is 10.0. The molecule has 0 aliphatic rings. The first-order valence-corrected chi connectivity index (χ1v) is 9.84. The predicted octanol–water partition coefficient (Wildman–Crippen LogP) is 4.07. The summed E-state index contributed by atoms with van der Waals surface area (Å²) in [5.41, 5.74) is -0.425. The lowest BCUT2D eigenvalue weighted by Crippen LogP contribution is -2.16. The first-order chi connectivity index (χ1) is 13.7. The Morgan fingerprint density at radius 2 is 1.66 bits per heavy atom. The number of nitro benzene ring substituents is 1. The van der Waals surface area contributed by atoms with Crippen LogP contribution in [0.3, 0.4) is 0 Å². The number of halogens is 1. The van der Waals surface area contributed by atoms with Crippen molar-refractivity contribution in [2.24, 2.45) is 0 Å². The third kappa shape index (κ3) is 4.30. The van der Waals surface area contributed by atoms with Gasteiger partial charge in [-0.25, -0.2) is 12.8 Å². The lowest BCUT2D eigenvalue weighted by Gasteiger charge is -2.13. The van der Waals surface area contributed by atoms with Gasteiger partial charge < -0.3 is 0 Å². The molecule has 0 fully saturated rings. The number of sulfonamides is 1. The highest BCUT2D eigenvalue weighted by atomic mass is 32.2. The molecule has 0 unspecified atom stereocenters. The number of benzene rings is 3. The minimum Gasteiger partial charge on any atom is -0.288 e. The zero-order valence-corrected chi connectivity index (χ0v) is 15.9. The zero-order valence-electron chi connectivity index (χ0n) is 15.1. The van der Waals surface area contributed by atoms with E-state index in [-0.39, 0.29) is 21.7 Å².